The van der Waals surface area contributed by atoms with Crippen LogP contribution in [0.15, 0.2) is 0 Å². The number of nitrogens with zero attached hydrogens (tertiary/aromatic N) is 3. The Hall–Kier alpha value is -0.590. The van der Waals surface area contributed by atoms with E-state index in [2.05, 4.69) is 29.7 Å². The van der Waals surface area contributed by atoms with Gasteiger partial charge in [0, 0.05) is 26.2 Å². The van der Waals surface area contributed by atoms with E-state index >= 15 is 0 Å². The van der Waals surface area contributed by atoms with Gasteiger partial charge in [-0.3, -0.25) is 4.90 Å². The molecule has 17 heavy (non-hydrogen) atoms. The Morgan fingerprint density at radius 2 is 1.76 bits per heavy atom. The van der Waals surface area contributed by atoms with Crippen molar-refractivity contribution in [1.29, 1.82) is 5.26 Å². The van der Waals surface area contributed by atoms with Gasteiger partial charge in [0.2, 0.25) is 0 Å². The molecule has 3 nitrogen and oxygen atoms in total. The van der Waals surface area contributed by atoms with E-state index in [9.17, 15) is 5.26 Å². The summed E-state index contributed by atoms with van der Waals surface area (Å²) in [5.74, 6) is 0.813. The third kappa shape index (κ3) is 2.64. The van der Waals surface area contributed by atoms with E-state index in [0.717, 1.165) is 51.5 Å². The first-order valence-electron chi connectivity index (χ1n) is 7.09. The lowest BCUT2D eigenvalue weighted by Gasteiger charge is -2.46. The fraction of sp³-hybridized carbons (Fsp3) is 0.929. The Bertz CT molecular complexity index is 278. The monoisotopic (exact) mass is 235 g/mol. The average Bonchev–Trinajstić information content (AvgIpc) is 2.40. The Balaban J connectivity index is 1.98. The lowest BCUT2D eigenvalue weighted by Crippen LogP contribution is -2.57. The molecular weight excluding hydrogens is 210 g/mol. The maximum atomic E-state index is 9.60. The maximum absolute atomic E-state index is 9.60. The third-order valence-corrected chi connectivity index (χ3v) is 4.73. The minimum atomic E-state index is -0.133. The van der Waals surface area contributed by atoms with Crippen molar-refractivity contribution in [2.45, 2.75) is 45.1 Å². The van der Waals surface area contributed by atoms with Crippen LogP contribution in [0.4, 0.5) is 0 Å². The van der Waals surface area contributed by atoms with Crippen molar-refractivity contribution < 1.29 is 0 Å². The summed E-state index contributed by atoms with van der Waals surface area (Å²) < 4.78 is 0. The van der Waals surface area contributed by atoms with Crippen molar-refractivity contribution in [3.63, 3.8) is 0 Å². The molecule has 2 rings (SSSR count). The number of hydrogen-bond donors (Lipinski definition) is 0. The van der Waals surface area contributed by atoms with Crippen LogP contribution in [-0.4, -0.2) is 48.1 Å². The molecule has 1 heterocycles. The molecule has 2 aliphatic rings. The number of piperazine rings is 1. The molecule has 0 N–H and O–H groups in total. The van der Waals surface area contributed by atoms with Gasteiger partial charge in [-0.15, -0.1) is 0 Å². The fourth-order valence-electron chi connectivity index (χ4n) is 3.23. The highest BCUT2D eigenvalue weighted by atomic mass is 15.3. The number of hydrogen-bond acceptors (Lipinski definition) is 3. The van der Waals surface area contributed by atoms with E-state index in [1.807, 2.05) is 0 Å². The molecular formula is C14H25N3. The smallest absolute Gasteiger partial charge is 0.109 e. The number of likely N-dealkylation sites (N-methyl/N-ethyl adjacent to an activating group) is 1. The van der Waals surface area contributed by atoms with E-state index < -0.39 is 0 Å². The zero-order valence-electron chi connectivity index (χ0n) is 11.3. The summed E-state index contributed by atoms with van der Waals surface area (Å²) in [7, 11) is 0. The van der Waals surface area contributed by atoms with Gasteiger partial charge in [0.15, 0.2) is 0 Å². The second-order valence-electron chi connectivity index (χ2n) is 5.75. The maximum Gasteiger partial charge on any atom is 0.109 e. The van der Waals surface area contributed by atoms with Crippen LogP contribution >= 0.6 is 0 Å². The minimum absolute atomic E-state index is 0.133. The van der Waals surface area contributed by atoms with Gasteiger partial charge < -0.3 is 4.90 Å². The SMILES string of the molecule is CCN1CCN(C2(C#N)CCC(C)CC2)CC1. The lowest BCUT2D eigenvalue weighted by atomic mass is 9.76. The first-order valence-corrected chi connectivity index (χ1v) is 7.09. The van der Waals surface area contributed by atoms with E-state index in [1.165, 1.54) is 12.8 Å². The Morgan fingerprint density at radius 1 is 1.18 bits per heavy atom. The average molecular weight is 235 g/mol. The van der Waals surface area contributed by atoms with Crippen molar-refractivity contribution >= 4 is 0 Å². The van der Waals surface area contributed by atoms with Gasteiger partial charge in [-0.05, 0) is 38.1 Å². The highest BCUT2D eigenvalue weighted by molar-refractivity contribution is 5.11. The summed E-state index contributed by atoms with van der Waals surface area (Å²) >= 11 is 0. The quantitative estimate of drug-likeness (QED) is 0.734. The second-order valence-corrected chi connectivity index (χ2v) is 5.75. The van der Waals surface area contributed by atoms with Crippen molar-refractivity contribution in [2.24, 2.45) is 5.92 Å². The molecule has 1 saturated heterocycles. The van der Waals surface area contributed by atoms with E-state index in [-0.39, 0.29) is 5.54 Å². The molecule has 0 aromatic carbocycles. The van der Waals surface area contributed by atoms with Gasteiger partial charge in [-0.1, -0.05) is 13.8 Å². The molecule has 0 radical (unpaired) electrons. The summed E-state index contributed by atoms with van der Waals surface area (Å²) in [5, 5.41) is 9.60. The first kappa shape index (κ1) is 12.9. The highest BCUT2D eigenvalue weighted by Gasteiger charge is 2.40. The molecule has 0 spiro atoms. The van der Waals surface area contributed by atoms with Crippen LogP contribution in [0.2, 0.25) is 0 Å². The molecule has 0 amide bonds. The summed E-state index contributed by atoms with van der Waals surface area (Å²) in [5.41, 5.74) is -0.133. The molecule has 1 aliphatic heterocycles. The molecule has 0 aromatic rings. The van der Waals surface area contributed by atoms with Crippen molar-refractivity contribution in [3.8, 4) is 6.07 Å². The minimum Gasteiger partial charge on any atom is -0.301 e. The van der Waals surface area contributed by atoms with E-state index in [4.69, 9.17) is 0 Å². The largest absolute Gasteiger partial charge is 0.301 e. The van der Waals surface area contributed by atoms with Crippen LogP contribution in [-0.2, 0) is 0 Å². The van der Waals surface area contributed by atoms with Crippen molar-refractivity contribution in [1.82, 2.24) is 9.80 Å². The molecule has 0 bridgehead atoms. The number of nitriles is 1. The summed E-state index contributed by atoms with van der Waals surface area (Å²) in [6, 6.07) is 2.65. The van der Waals surface area contributed by atoms with Gasteiger partial charge in [-0.25, -0.2) is 0 Å². The zero-order valence-corrected chi connectivity index (χ0v) is 11.3. The third-order valence-electron chi connectivity index (χ3n) is 4.73. The van der Waals surface area contributed by atoms with Gasteiger partial charge in [0.1, 0.15) is 5.54 Å². The van der Waals surface area contributed by atoms with Gasteiger partial charge in [0.05, 0.1) is 6.07 Å². The molecule has 0 atom stereocenters. The van der Waals surface area contributed by atoms with Crippen LogP contribution in [0, 0.1) is 17.2 Å². The molecule has 1 saturated carbocycles. The molecule has 1 aliphatic carbocycles. The summed E-state index contributed by atoms with van der Waals surface area (Å²) in [4.78, 5) is 4.94. The van der Waals surface area contributed by atoms with Gasteiger partial charge >= 0.3 is 0 Å². The summed E-state index contributed by atoms with van der Waals surface area (Å²) in [6.07, 6.45) is 4.61. The van der Waals surface area contributed by atoms with Crippen LogP contribution < -0.4 is 0 Å². The first-order chi connectivity index (χ1) is 8.20. The van der Waals surface area contributed by atoms with Crippen LogP contribution in [0.1, 0.15) is 39.5 Å². The normalized spacial score (nSPS) is 36.6. The van der Waals surface area contributed by atoms with E-state index in [1.54, 1.807) is 0 Å². The predicted molar refractivity (Wildman–Crippen MR) is 69.7 cm³/mol. The molecule has 3 heteroatoms. The van der Waals surface area contributed by atoms with Crippen LogP contribution in [0.25, 0.3) is 0 Å². The fourth-order valence-corrected chi connectivity index (χ4v) is 3.23. The zero-order chi connectivity index (χ0) is 12.3. The Labute approximate surface area is 105 Å². The van der Waals surface area contributed by atoms with Gasteiger partial charge in [0.25, 0.3) is 0 Å². The Morgan fingerprint density at radius 3 is 2.24 bits per heavy atom. The van der Waals surface area contributed by atoms with Crippen LogP contribution in [0.3, 0.4) is 0 Å². The second kappa shape index (κ2) is 5.37. The summed E-state index contributed by atoms with van der Waals surface area (Å²) in [6.45, 7) is 10.1. The van der Waals surface area contributed by atoms with Gasteiger partial charge in [-0.2, -0.15) is 5.26 Å². The standard InChI is InChI=1S/C14H25N3/c1-3-16-8-10-17(11-9-16)14(12-15)6-4-13(2)5-7-14/h13H,3-11H2,1-2H3. The molecule has 2 fully saturated rings. The van der Waals surface area contributed by atoms with E-state index in [0.29, 0.717) is 0 Å². The molecule has 96 valence electrons. The molecule has 0 unspecified atom stereocenters. The lowest BCUT2D eigenvalue weighted by molar-refractivity contribution is 0.0354. The Kier molecular flexibility index (Phi) is 4.06. The number of rotatable bonds is 2. The predicted octanol–water partition coefficient (Wildman–Crippen LogP) is 2.10. The molecule has 0 aromatic heterocycles. The van der Waals surface area contributed by atoms with Crippen molar-refractivity contribution in [3.05, 3.63) is 0 Å². The highest BCUT2D eigenvalue weighted by Crippen LogP contribution is 2.36. The van der Waals surface area contributed by atoms with Crippen molar-refractivity contribution in [2.75, 3.05) is 32.7 Å². The van der Waals surface area contributed by atoms with Crippen LogP contribution in [0.5, 0.6) is 0 Å². The topological polar surface area (TPSA) is 30.3 Å².